The maximum absolute atomic E-state index is 13.8. The number of carbonyl (C=O) groups is 1. The SMILES string of the molecule is CCOc1ccc(/C=C2/CCCC3=C2NN(C(=O)c2cccc([N+](=O)[O-])c2)[C@H]3c2ccc(OCC)cc2)cc1. The third kappa shape index (κ3) is 5.50. The number of hydrogen-bond acceptors (Lipinski definition) is 6. The number of nitro benzene ring substituents is 1. The van der Waals surface area contributed by atoms with Crippen LogP contribution in [0.25, 0.3) is 6.08 Å². The van der Waals surface area contributed by atoms with E-state index in [9.17, 15) is 14.9 Å². The van der Waals surface area contributed by atoms with E-state index in [1.807, 2.05) is 62.4 Å². The molecule has 8 heteroatoms. The third-order valence-electron chi connectivity index (χ3n) is 6.92. The first-order chi connectivity index (χ1) is 19.0. The van der Waals surface area contributed by atoms with Gasteiger partial charge in [-0.15, -0.1) is 0 Å². The van der Waals surface area contributed by atoms with E-state index in [0.29, 0.717) is 13.2 Å². The van der Waals surface area contributed by atoms with Crippen molar-refractivity contribution in [1.82, 2.24) is 10.4 Å². The number of amides is 1. The van der Waals surface area contributed by atoms with Crippen LogP contribution in [0.1, 0.15) is 60.6 Å². The zero-order chi connectivity index (χ0) is 27.4. The van der Waals surface area contributed by atoms with Gasteiger partial charge in [-0.05, 0) is 91.8 Å². The Bertz CT molecular complexity index is 1430. The minimum Gasteiger partial charge on any atom is -0.494 e. The quantitative estimate of drug-likeness (QED) is 0.263. The van der Waals surface area contributed by atoms with Crippen molar-refractivity contribution in [2.45, 2.75) is 39.2 Å². The number of allylic oxidation sites excluding steroid dienone is 1. The van der Waals surface area contributed by atoms with Crippen LogP contribution in [0.15, 0.2) is 89.6 Å². The molecule has 1 amide bonds. The summed E-state index contributed by atoms with van der Waals surface area (Å²) in [7, 11) is 0. The first kappa shape index (κ1) is 26.0. The van der Waals surface area contributed by atoms with Gasteiger partial charge in [0, 0.05) is 17.7 Å². The van der Waals surface area contributed by atoms with Crippen LogP contribution in [0.4, 0.5) is 5.69 Å². The number of benzene rings is 3. The summed E-state index contributed by atoms with van der Waals surface area (Å²) in [6, 6.07) is 21.2. The Hall–Kier alpha value is -4.59. The molecule has 1 aliphatic carbocycles. The number of ether oxygens (including phenoxy) is 2. The zero-order valence-corrected chi connectivity index (χ0v) is 22.1. The molecule has 2 aliphatic rings. The molecule has 3 aromatic rings. The second kappa shape index (κ2) is 11.4. The molecule has 200 valence electrons. The molecule has 1 aliphatic heterocycles. The van der Waals surface area contributed by atoms with Crippen LogP contribution < -0.4 is 14.9 Å². The molecule has 0 fully saturated rings. The fraction of sp³-hybridized carbons (Fsp3) is 0.258. The second-order valence-corrected chi connectivity index (χ2v) is 9.42. The molecule has 8 nitrogen and oxygen atoms in total. The lowest BCUT2D eigenvalue weighted by atomic mass is 9.85. The summed E-state index contributed by atoms with van der Waals surface area (Å²) in [6.45, 7) is 5.07. The van der Waals surface area contributed by atoms with Gasteiger partial charge in [-0.2, -0.15) is 0 Å². The van der Waals surface area contributed by atoms with Gasteiger partial charge in [-0.1, -0.05) is 30.3 Å². The highest BCUT2D eigenvalue weighted by Gasteiger charge is 2.39. The number of non-ortho nitro benzene ring substituents is 1. The summed E-state index contributed by atoms with van der Waals surface area (Å²) in [5.41, 5.74) is 8.70. The van der Waals surface area contributed by atoms with Gasteiger partial charge in [0.25, 0.3) is 11.6 Å². The molecular formula is C31H31N3O5. The maximum atomic E-state index is 13.8. The topological polar surface area (TPSA) is 93.9 Å². The van der Waals surface area contributed by atoms with E-state index in [1.54, 1.807) is 11.1 Å². The molecule has 1 atom stereocenters. The maximum Gasteiger partial charge on any atom is 0.273 e. The molecule has 0 spiro atoms. The van der Waals surface area contributed by atoms with Crippen molar-refractivity contribution in [3.8, 4) is 11.5 Å². The Morgan fingerprint density at radius 1 is 1.00 bits per heavy atom. The van der Waals surface area contributed by atoms with Crippen LogP contribution >= 0.6 is 0 Å². The van der Waals surface area contributed by atoms with Crippen LogP contribution in [0.2, 0.25) is 0 Å². The van der Waals surface area contributed by atoms with E-state index in [1.165, 1.54) is 18.2 Å². The average molecular weight is 526 g/mol. The van der Waals surface area contributed by atoms with Gasteiger partial charge in [0.05, 0.1) is 23.8 Å². The fourth-order valence-electron chi connectivity index (χ4n) is 5.18. The lowest BCUT2D eigenvalue weighted by molar-refractivity contribution is -0.384. The predicted octanol–water partition coefficient (Wildman–Crippen LogP) is 6.62. The molecule has 39 heavy (non-hydrogen) atoms. The number of carbonyl (C=O) groups excluding carboxylic acids is 1. The van der Waals surface area contributed by atoms with Gasteiger partial charge in [-0.25, -0.2) is 5.01 Å². The molecule has 3 aromatic carbocycles. The van der Waals surface area contributed by atoms with Crippen LogP contribution in [0.5, 0.6) is 11.5 Å². The Morgan fingerprint density at radius 3 is 2.31 bits per heavy atom. The number of hydrogen-bond donors (Lipinski definition) is 1. The molecule has 0 saturated carbocycles. The molecule has 0 saturated heterocycles. The summed E-state index contributed by atoms with van der Waals surface area (Å²) in [5.74, 6) is 1.26. The highest BCUT2D eigenvalue weighted by atomic mass is 16.6. The van der Waals surface area contributed by atoms with Gasteiger partial charge in [0.15, 0.2) is 0 Å². The molecule has 0 unspecified atom stereocenters. The second-order valence-electron chi connectivity index (χ2n) is 9.42. The van der Waals surface area contributed by atoms with Crippen LogP contribution in [0, 0.1) is 10.1 Å². The van der Waals surface area contributed by atoms with Crippen LogP contribution in [-0.4, -0.2) is 29.1 Å². The first-order valence-corrected chi connectivity index (χ1v) is 13.2. The lowest BCUT2D eigenvalue weighted by Crippen LogP contribution is -2.40. The Kier molecular flexibility index (Phi) is 7.63. The largest absolute Gasteiger partial charge is 0.494 e. The van der Waals surface area contributed by atoms with Crippen molar-refractivity contribution in [3.05, 3.63) is 116 Å². The monoisotopic (exact) mass is 525 g/mol. The average Bonchev–Trinajstić information content (AvgIpc) is 3.35. The third-order valence-corrected chi connectivity index (χ3v) is 6.92. The van der Waals surface area contributed by atoms with Crippen molar-refractivity contribution in [2.75, 3.05) is 13.2 Å². The van der Waals surface area contributed by atoms with E-state index >= 15 is 0 Å². The van der Waals surface area contributed by atoms with E-state index in [2.05, 4.69) is 11.5 Å². The smallest absolute Gasteiger partial charge is 0.273 e. The number of nitro groups is 1. The van der Waals surface area contributed by atoms with Gasteiger partial charge in [-0.3, -0.25) is 20.3 Å². The minimum absolute atomic E-state index is 0.119. The summed E-state index contributed by atoms with van der Waals surface area (Å²) in [6.07, 6.45) is 4.80. The molecule has 1 N–H and O–H groups in total. The zero-order valence-electron chi connectivity index (χ0n) is 22.1. The molecule has 5 rings (SSSR count). The van der Waals surface area contributed by atoms with Gasteiger partial charge >= 0.3 is 0 Å². The molecule has 0 aromatic heterocycles. The molecule has 1 heterocycles. The number of nitrogens with zero attached hydrogens (tertiary/aromatic N) is 2. The highest BCUT2D eigenvalue weighted by molar-refractivity contribution is 5.95. The number of hydrazine groups is 1. The van der Waals surface area contributed by atoms with Crippen molar-refractivity contribution < 1.29 is 19.2 Å². The van der Waals surface area contributed by atoms with Gasteiger partial charge in [0.2, 0.25) is 0 Å². The standard InChI is InChI=1S/C31H31N3O5/c1-3-38-26-15-11-21(12-16-26)19-23-7-6-10-28-29(23)32-33(30(28)22-13-17-27(18-14-22)39-4-2)31(35)24-8-5-9-25(20-24)34(36)37/h5,8-9,11-20,30,32H,3-4,6-7,10H2,1-2H3/b23-19-/t30-/m0/s1. The molecular weight excluding hydrogens is 494 g/mol. The van der Waals surface area contributed by atoms with Crippen molar-refractivity contribution in [2.24, 2.45) is 0 Å². The minimum atomic E-state index is -0.487. The number of rotatable bonds is 8. The Balaban J connectivity index is 1.53. The molecule has 0 radical (unpaired) electrons. The summed E-state index contributed by atoms with van der Waals surface area (Å²) < 4.78 is 11.2. The van der Waals surface area contributed by atoms with Gasteiger partial charge in [0.1, 0.15) is 17.5 Å². The van der Waals surface area contributed by atoms with E-state index in [-0.39, 0.29) is 23.2 Å². The highest BCUT2D eigenvalue weighted by Crippen LogP contribution is 2.44. The van der Waals surface area contributed by atoms with E-state index in [4.69, 9.17) is 9.47 Å². The fourth-order valence-corrected chi connectivity index (χ4v) is 5.18. The van der Waals surface area contributed by atoms with Crippen molar-refractivity contribution in [3.63, 3.8) is 0 Å². The Labute approximate surface area is 227 Å². The summed E-state index contributed by atoms with van der Waals surface area (Å²) >= 11 is 0. The first-order valence-electron chi connectivity index (χ1n) is 13.2. The van der Waals surface area contributed by atoms with Crippen LogP contribution in [-0.2, 0) is 0 Å². The summed E-state index contributed by atoms with van der Waals surface area (Å²) in [4.78, 5) is 24.7. The van der Waals surface area contributed by atoms with Gasteiger partial charge < -0.3 is 9.47 Å². The lowest BCUT2D eigenvalue weighted by Gasteiger charge is -2.27. The van der Waals surface area contributed by atoms with Crippen LogP contribution in [0.3, 0.4) is 0 Å². The van der Waals surface area contributed by atoms with Crippen molar-refractivity contribution in [1.29, 1.82) is 0 Å². The van der Waals surface area contributed by atoms with E-state index in [0.717, 1.165) is 58.7 Å². The van der Waals surface area contributed by atoms with E-state index < -0.39 is 4.92 Å². The Morgan fingerprint density at radius 2 is 1.67 bits per heavy atom. The normalized spacial score (nSPS) is 17.5. The summed E-state index contributed by atoms with van der Waals surface area (Å²) in [5, 5.41) is 13.0. The van der Waals surface area contributed by atoms with Crippen molar-refractivity contribution >= 4 is 17.7 Å². The predicted molar refractivity (Wildman–Crippen MR) is 149 cm³/mol. The molecule has 0 bridgehead atoms. The number of nitrogens with one attached hydrogen (secondary N) is 1.